The van der Waals surface area contributed by atoms with Crippen LogP contribution < -0.4 is 61.5 Å². The van der Waals surface area contributed by atoms with E-state index < -0.39 is 33.7 Å². The molecule has 7 N–H and O–H groups in total. The standard InChI is InChI=1S/C22H23N3O6S.C21H26N2O7.C21H22N2O7.C20H24N2O6.C20H20N2O6/c1-11-20(32-21(23-11)22(29)25-7-5-24(3)6-8-25)16-12(2)31-19-13(18(16)28)9-15(30-4)17(27)14(19)10-26;2*1-13-14(3-4-18(25)22-5-6-23-7-9-29-10-8-23)19(26)15-11-17(28-2)20(27)16(12-24)21(15)30-13;2*1-12-13(4-5-17(24)22-8-6-21(2)7-9-22)18(25)14-10-16(27-3)19(26)15(11-23)20(14)28-12/h9-10,27H,5-8H2,1-4H3;11-12,27H,3-10H2,1-2H3,(H,22,25);11-12,27H,5-10H2,1-2H3,(H,22,25);10-11,26H,4-9H2,1-3H3;10-11,26H,6-9H2,1-3H3. The third kappa shape index (κ3) is 25.2. The van der Waals surface area contributed by atoms with E-state index in [2.05, 4.69) is 63.8 Å². The quantitative estimate of drug-likeness (QED) is 0.0270. The van der Waals surface area contributed by atoms with Gasteiger partial charge in [-0.05, 0) is 118 Å². The van der Waals surface area contributed by atoms with Crippen molar-refractivity contribution in [2.75, 3.05) is 214 Å². The molecule has 6 aromatic heterocycles. The van der Waals surface area contributed by atoms with Gasteiger partial charge in [0.2, 0.25) is 28.1 Å². The minimum Gasteiger partial charge on any atom is -0.504 e. The van der Waals surface area contributed by atoms with Gasteiger partial charge in [0.25, 0.3) is 17.7 Å². The highest BCUT2D eigenvalue weighted by Crippen LogP contribution is 2.42. The molecule has 784 valence electrons. The number of aromatic nitrogens is 1. The van der Waals surface area contributed by atoms with Crippen LogP contribution >= 0.6 is 11.3 Å². The first kappa shape index (κ1) is 111. The molecule has 0 spiro atoms. The van der Waals surface area contributed by atoms with Gasteiger partial charge >= 0.3 is 0 Å². The number of hydrogen-bond acceptors (Lipinski definition) is 39. The number of aryl methyl sites for hydroxylation is 6. The lowest BCUT2D eigenvalue weighted by molar-refractivity contribution is -0.132. The number of carbonyl (C=O) groups excluding carboxylic acids is 10. The van der Waals surface area contributed by atoms with Gasteiger partial charge < -0.3 is 121 Å². The third-order valence-corrected chi connectivity index (χ3v) is 26.9. The van der Waals surface area contributed by atoms with Crippen LogP contribution in [0.3, 0.4) is 0 Å². The highest BCUT2D eigenvalue weighted by atomic mass is 32.1. The number of piperazine rings is 3. The van der Waals surface area contributed by atoms with Crippen LogP contribution in [-0.4, -0.2) is 345 Å². The predicted molar refractivity (Wildman–Crippen MR) is 542 cm³/mol. The molecule has 5 aliphatic rings. The van der Waals surface area contributed by atoms with Gasteiger partial charge in [0.05, 0.1) is 105 Å². The summed E-state index contributed by atoms with van der Waals surface area (Å²) in [7, 11) is 12.6. The molecule has 11 aromatic rings. The van der Waals surface area contributed by atoms with Crippen molar-refractivity contribution < 1.29 is 129 Å². The molecule has 5 saturated heterocycles. The van der Waals surface area contributed by atoms with E-state index in [1.54, 1.807) is 37.5 Å². The van der Waals surface area contributed by atoms with E-state index in [1.165, 1.54) is 79.7 Å². The molecule has 5 amide bonds. The molecule has 43 nitrogen and oxygen atoms in total. The van der Waals surface area contributed by atoms with Gasteiger partial charge in [-0.3, -0.25) is 81.7 Å². The van der Waals surface area contributed by atoms with Crippen LogP contribution in [0.25, 0.3) is 65.3 Å². The molecule has 0 saturated carbocycles. The number of morpholine rings is 2. The number of likely N-dealkylation sites (N-methyl/N-ethyl adjacent to an activating group) is 3. The normalized spacial score (nSPS) is 14.6. The van der Waals surface area contributed by atoms with E-state index >= 15 is 0 Å². The zero-order valence-corrected chi connectivity index (χ0v) is 85.1. The minimum atomic E-state index is -0.524. The van der Waals surface area contributed by atoms with Crippen molar-refractivity contribution in [2.45, 2.75) is 67.2 Å². The summed E-state index contributed by atoms with van der Waals surface area (Å²) in [6.07, 6.45) is 2.84. The Morgan fingerprint density at radius 1 is 0.405 bits per heavy atom. The zero-order valence-electron chi connectivity index (χ0n) is 84.3. The number of nitrogens with zero attached hydrogens (tertiary/aromatic N) is 9. The third-order valence-electron chi connectivity index (χ3n) is 25.7. The average molecular weight is 2060 g/mol. The van der Waals surface area contributed by atoms with Gasteiger partial charge in [0, 0.05) is 167 Å². The van der Waals surface area contributed by atoms with Crippen molar-refractivity contribution >= 4 is 127 Å². The van der Waals surface area contributed by atoms with E-state index in [4.69, 9.17) is 55.2 Å². The van der Waals surface area contributed by atoms with E-state index in [0.29, 0.717) is 155 Å². The second kappa shape index (κ2) is 50.4. The Kier molecular flexibility index (Phi) is 37.8. The van der Waals surface area contributed by atoms with Crippen molar-refractivity contribution in [3.8, 4) is 91.6 Å². The molecule has 0 bridgehead atoms. The fraction of sp³-hybridized carbons (Fsp3) is 0.404. The molecule has 0 unspecified atom stereocenters. The number of methoxy groups -OCH3 is 5. The monoisotopic (exact) mass is 2060 g/mol. The number of aldehydes is 5. The second-order valence-electron chi connectivity index (χ2n) is 35.0. The first-order valence-corrected chi connectivity index (χ1v) is 47.9. The number of ether oxygens (including phenoxy) is 7. The van der Waals surface area contributed by atoms with Crippen LogP contribution in [0.1, 0.15) is 131 Å². The van der Waals surface area contributed by atoms with Crippen LogP contribution in [0.15, 0.2) is 76.4 Å². The second-order valence-corrected chi connectivity index (χ2v) is 36.0. The van der Waals surface area contributed by atoms with Crippen molar-refractivity contribution in [3.63, 3.8) is 0 Å². The number of nitrogens with one attached hydrogen (secondary N) is 2. The Morgan fingerprint density at radius 3 is 1.10 bits per heavy atom. The van der Waals surface area contributed by atoms with Crippen LogP contribution in [0.4, 0.5) is 0 Å². The lowest BCUT2D eigenvalue weighted by Gasteiger charge is -2.32. The summed E-state index contributed by atoms with van der Waals surface area (Å²) in [5, 5.41) is 56.9. The van der Waals surface area contributed by atoms with Crippen molar-refractivity contribution in [1.82, 2.24) is 54.8 Å². The summed E-state index contributed by atoms with van der Waals surface area (Å²) in [6.45, 7) is 26.7. The molecule has 0 atom stereocenters. The fourth-order valence-corrected chi connectivity index (χ4v) is 18.1. The summed E-state index contributed by atoms with van der Waals surface area (Å²) in [5.74, 6) is 8.08. The van der Waals surface area contributed by atoms with Crippen molar-refractivity contribution in [1.29, 1.82) is 0 Å². The summed E-state index contributed by atoms with van der Waals surface area (Å²) in [5.41, 5.74) is -1.41. The highest BCUT2D eigenvalue weighted by molar-refractivity contribution is 7.17. The Bertz CT molecular complexity index is 7430. The van der Waals surface area contributed by atoms with Crippen molar-refractivity contribution in [2.24, 2.45) is 0 Å². The lowest BCUT2D eigenvalue weighted by atomic mass is 10.0. The number of phenolic OH excluding ortho intramolecular Hbond substituents is 5. The van der Waals surface area contributed by atoms with Gasteiger partial charge in [-0.15, -0.1) is 11.3 Å². The zero-order chi connectivity index (χ0) is 107. The molecule has 44 heteroatoms. The number of aromatic hydroxyl groups is 5. The van der Waals surface area contributed by atoms with E-state index in [0.717, 1.165) is 83.3 Å². The number of carbonyl (C=O) groups is 10. The number of thiazole rings is 1. The average Bonchev–Trinajstić information content (AvgIpc) is 1.54. The number of rotatable bonds is 24. The number of amides is 5. The Balaban J connectivity index is 0.000000164. The Hall–Kier alpha value is -15.7. The maximum absolute atomic E-state index is 13.4. The van der Waals surface area contributed by atoms with Crippen molar-refractivity contribution in [3.05, 3.63) is 171 Å². The summed E-state index contributed by atoms with van der Waals surface area (Å²) < 4.78 is 64.1. The molecule has 148 heavy (non-hydrogen) atoms. The van der Waals surface area contributed by atoms with Gasteiger partial charge in [0.15, 0.2) is 133 Å². The predicted octanol–water partition coefficient (Wildman–Crippen LogP) is 5.97. The summed E-state index contributed by atoms with van der Waals surface area (Å²) >= 11 is 1.15. The summed E-state index contributed by atoms with van der Waals surface area (Å²) in [4.78, 5) is 205. The SMILES string of the molecule is COc1cc2c(=O)c(-c3sc(C(=O)N4CCN(C)CC4)nc3C)c(C)oc2c(C=O)c1O.COc1cc2c(=O)c(C#CC(=O)N3CCN(C)CC3)c(C)oc2c(C=O)c1O.COc1cc2c(=O)c(C#CC(=O)NCCN3CCOCC3)c(C)oc2c(C=O)c1O.COc1cc2c(=O)c(CCC(=O)N3CCN(C)CC3)c(C)oc2c(C=O)c1O.COc1cc2c(=O)c(CCC(=O)NCCN3CCOCC3)c(C)oc2c(C=O)c1O. The minimum absolute atomic E-state index is 0.00358. The molecule has 0 aliphatic carbocycles. The first-order valence-electron chi connectivity index (χ1n) is 47.1. The van der Waals surface area contributed by atoms with Crippen LogP contribution in [0.2, 0.25) is 0 Å². The molecule has 5 aliphatic heterocycles. The molecule has 5 fully saturated rings. The fourth-order valence-electron chi connectivity index (χ4n) is 17.0. The van der Waals surface area contributed by atoms with E-state index in [9.17, 15) is 97.5 Å². The molecular formula is C104H115N11O32S. The van der Waals surface area contributed by atoms with E-state index in [1.807, 2.05) is 26.0 Å². The van der Waals surface area contributed by atoms with Gasteiger partial charge in [-0.2, -0.15) is 0 Å². The van der Waals surface area contributed by atoms with Crippen LogP contribution in [0.5, 0.6) is 57.5 Å². The van der Waals surface area contributed by atoms with Gasteiger partial charge in [-0.1, -0.05) is 0 Å². The molecule has 16 rings (SSSR count). The van der Waals surface area contributed by atoms with Gasteiger partial charge in [0.1, 0.15) is 67.7 Å². The number of fused-ring (bicyclic) bond motifs is 5. The van der Waals surface area contributed by atoms with Gasteiger partial charge in [-0.25, -0.2) is 4.98 Å². The number of benzene rings is 5. The van der Waals surface area contributed by atoms with Crippen LogP contribution in [0, 0.1) is 65.2 Å². The molecule has 11 heterocycles. The smallest absolute Gasteiger partial charge is 0.298 e. The lowest BCUT2D eigenvalue weighted by Crippen LogP contribution is -2.47. The molecule has 5 aromatic carbocycles. The number of hydrogen-bond donors (Lipinski definition) is 7. The first-order chi connectivity index (χ1) is 70.9. The Labute approximate surface area is 850 Å². The van der Waals surface area contributed by atoms with Crippen LogP contribution in [-0.2, 0) is 41.5 Å². The molecule has 0 radical (unpaired) electrons. The molecular weight excluding hydrogens is 1950 g/mol. The largest absolute Gasteiger partial charge is 0.504 e. The summed E-state index contributed by atoms with van der Waals surface area (Å²) in [6, 6.07) is 6.61. The Morgan fingerprint density at radius 2 is 0.730 bits per heavy atom. The maximum Gasteiger partial charge on any atom is 0.298 e. The van der Waals surface area contributed by atoms with E-state index in [-0.39, 0.29) is 223 Å². The maximum atomic E-state index is 13.4. The topological polar surface area (TPSA) is 550 Å². The highest BCUT2D eigenvalue weighted by Gasteiger charge is 2.32. The number of phenols is 5.